The van der Waals surface area contributed by atoms with Gasteiger partial charge in [0.05, 0.1) is 32.0 Å². The molecule has 0 spiro atoms. The van der Waals surface area contributed by atoms with Gasteiger partial charge in [0.2, 0.25) is 0 Å². The summed E-state index contributed by atoms with van der Waals surface area (Å²) >= 11 is 0. The van der Waals surface area contributed by atoms with E-state index >= 15 is 0 Å². The first-order valence-corrected chi connectivity index (χ1v) is 7.17. The van der Waals surface area contributed by atoms with Crippen molar-refractivity contribution >= 4 is 0 Å². The van der Waals surface area contributed by atoms with Crippen LogP contribution in [0.15, 0.2) is 24.3 Å². The van der Waals surface area contributed by atoms with Crippen molar-refractivity contribution < 1.29 is 14.2 Å². The van der Waals surface area contributed by atoms with Gasteiger partial charge in [0, 0.05) is 0 Å². The Morgan fingerprint density at radius 3 is 2.68 bits per heavy atom. The molecule has 3 heteroatoms. The Hall–Kier alpha value is -1.06. The number of fused-ring (bicyclic) bond motifs is 1. The molecule has 1 saturated heterocycles. The van der Waals surface area contributed by atoms with Gasteiger partial charge in [0.25, 0.3) is 0 Å². The molecule has 1 aromatic carbocycles. The highest BCUT2D eigenvalue weighted by Gasteiger charge is 2.43. The van der Waals surface area contributed by atoms with Crippen molar-refractivity contribution in [1.29, 1.82) is 0 Å². The minimum atomic E-state index is 0.142. The lowest BCUT2D eigenvalue weighted by atomic mass is 9.90. The number of hydrogen-bond donors (Lipinski definition) is 0. The number of epoxide rings is 1. The lowest BCUT2D eigenvalue weighted by molar-refractivity contribution is 0.0320. The van der Waals surface area contributed by atoms with Crippen molar-refractivity contribution in [3.63, 3.8) is 0 Å². The average Bonchev–Trinajstić information content (AvgIpc) is 3.23. The fourth-order valence-electron chi connectivity index (χ4n) is 2.89. The van der Waals surface area contributed by atoms with Crippen molar-refractivity contribution in [3.05, 3.63) is 29.8 Å². The van der Waals surface area contributed by atoms with Crippen LogP contribution in [0.1, 0.15) is 37.9 Å². The summed E-state index contributed by atoms with van der Waals surface area (Å²) in [6.07, 6.45) is 4.91. The topological polar surface area (TPSA) is 31.0 Å². The molecule has 1 aromatic rings. The molecular weight excluding hydrogens is 240 g/mol. The van der Waals surface area contributed by atoms with Crippen LogP contribution in [0.5, 0.6) is 5.75 Å². The molecule has 1 heterocycles. The van der Waals surface area contributed by atoms with Crippen LogP contribution in [0, 0.1) is 5.92 Å². The number of rotatable bonds is 5. The van der Waals surface area contributed by atoms with Gasteiger partial charge in [-0.15, -0.1) is 0 Å². The van der Waals surface area contributed by atoms with Gasteiger partial charge in [0.1, 0.15) is 5.75 Å². The molecule has 0 aromatic heterocycles. The summed E-state index contributed by atoms with van der Waals surface area (Å²) < 4.78 is 16.7. The molecule has 3 rings (SSSR count). The molecule has 3 nitrogen and oxygen atoms in total. The molecule has 4 unspecified atom stereocenters. The van der Waals surface area contributed by atoms with E-state index in [9.17, 15) is 0 Å². The molecule has 2 aliphatic rings. The predicted octanol–water partition coefficient (Wildman–Crippen LogP) is 3.34. The van der Waals surface area contributed by atoms with Crippen molar-refractivity contribution in [3.8, 4) is 5.75 Å². The standard InChI is InChI=1S/C16H22O3/c1-11(13-4-6-14(17-2)7-5-13)18-10-12-3-8-15-16(9-12)19-15/h4-7,11-12,15-16H,3,8-10H2,1-2H3. The highest BCUT2D eigenvalue weighted by atomic mass is 16.6. The van der Waals surface area contributed by atoms with Crippen LogP contribution in [0.25, 0.3) is 0 Å². The first kappa shape index (κ1) is 12.9. The predicted molar refractivity (Wildman–Crippen MR) is 73.4 cm³/mol. The summed E-state index contributed by atoms with van der Waals surface area (Å²) in [6, 6.07) is 8.12. The van der Waals surface area contributed by atoms with E-state index in [0.717, 1.165) is 12.4 Å². The van der Waals surface area contributed by atoms with Gasteiger partial charge in [-0.2, -0.15) is 0 Å². The maximum Gasteiger partial charge on any atom is 0.118 e. The minimum absolute atomic E-state index is 0.142. The third-order valence-electron chi connectivity index (χ3n) is 4.28. The minimum Gasteiger partial charge on any atom is -0.497 e. The Morgan fingerprint density at radius 1 is 1.21 bits per heavy atom. The van der Waals surface area contributed by atoms with E-state index in [1.165, 1.54) is 24.8 Å². The van der Waals surface area contributed by atoms with Crippen LogP contribution >= 0.6 is 0 Å². The second kappa shape index (κ2) is 5.51. The summed E-state index contributed by atoms with van der Waals surface area (Å²) in [5, 5.41) is 0. The van der Waals surface area contributed by atoms with Gasteiger partial charge >= 0.3 is 0 Å². The van der Waals surface area contributed by atoms with Gasteiger partial charge in [-0.1, -0.05) is 12.1 Å². The molecule has 0 bridgehead atoms. The fourth-order valence-corrected chi connectivity index (χ4v) is 2.89. The zero-order valence-electron chi connectivity index (χ0n) is 11.7. The SMILES string of the molecule is COc1ccc(C(C)OCC2CCC3OC3C2)cc1. The zero-order chi connectivity index (χ0) is 13.2. The normalized spacial score (nSPS) is 30.5. The van der Waals surface area contributed by atoms with E-state index in [-0.39, 0.29) is 6.10 Å². The number of methoxy groups -OCH3 is 1. The average molecular weight is 262 g/mol. The van der Waals surface area contributed by atoms with Crippen LogP contribution in [0.3, 0.4) is 0 Å². The number of ether oxygens (including phenoxy) is 3. The molecule has 1 aliphatic carbocycles. The van der Waals surface area contributed by atoms with Crippen LogP contribution < -0.4 is 4.74 Å². The van der Waals surface area contributed by atoms with Crippen LogP contribution in [0.4, 0.5) is 0 Å². The maximum atomic E-state index is 6.01. The van der Waals surface area contributed by atoms with Gasteiger partial charge < -0.3 is 14.2 Å². The second-order valence-electron chi connectivity index (χ2n) is 5.64. The lowest BCUT2D eigenvalue weighted by Gasteiger charge is -2.21. The monoisotopic (exact) mass is 262 g/mol. The molecule has 4 atom stereocenters. The van der Waals surface area contributed by atoms with Gasteiger partial charge in [-0.05, 0) is 49.8 Å². The van der Waals surface area contributed by atoms with E-state index in [4.69, 9.17) is 14.2 Å². The van der Waals surface area contributed by atoms with Crippen molar-refractivity contribution in [1.82, 2.24) is 0 Å². The van der Waals surface area contributed by atoms with Crippen molar-refractivity contribution in [2.45, 2.75) is 44.5 Å². The van der Waals surface area contributed by atoms with Crippen molar-refractivity contribution in [2.24, 2.45) is 5.92 Å². The maximum absolute atomic E-state index is 6.01. The molecule has 0 N–H and O–H groups in total. The zero-order valence-corrected chi connectivity index (χ0v) is 11.7. The molecule has 1 saturated carbocycles. The third kappa shape index (κ3) is 3.10. The number of benzene rings is 1. The highest BCUT2D eigenvalue weighted by molar-refractivity contribution is 5.28. The smallest absolute Gasteiger partial charge is 0.118 e. The van der Waals surface area contributed by atoms with E-state index < -0.39 is 0 Å². The Morgan fingerprint density at radius 2 is 2.00 bits per heavy atom. The van der Waals surface area contributed by atoms with Gasteiger partial charge in [0.15, 0.2) is 0 Å². The summed E-state index contributed by atoms with van der Waals surface area (Å²) in [6.45, 7) is 2.96. The van der Waals surface area contributed by atoms with Crippen LogP contribution in [-0.2, 0) is 9.47 Å². The molecule has 1 aliphatic heterocycles. The van der Waals surface area contributed by atoms with Gasteiger partial charge in [-0.3, -0.25) is 0 Å². The molecule has 19 heavy (non-hydrogen) atoms. The molecule has 2 fully saturated rings. The van der Waals surface area contributed by atoms with E-state index in [0.29, 0.717) is 18.1 Å². The molecule has 104 valence electrons. The Balaban J connectivity index is 1.48. The summed E-state index contributed by atoms with van der Waals surface area (Å²) in [5.74, 6) is 1.56. The Labute approximate surface area is 114 Å². The first-order valence-electron chi connectivity index (χ1n) is 7.17. The van der Waals surface area contributed by atoms with Gasteiger partial charge in [-0.25, -0.2) is 0 Å². The highest BCUT2D eigenvalue weighted by Crippen LogP contribution is 2.39. The Bertz CT molecular complexity index is 415. The van der Waals surface area contributed by atoms with E-state index in [1.54, 1.807) is 7.11 Å². The third-order valence-corrected chi connectivity index (χ3v) is 4.28. The summed E-state index contributed by atoms with van der Waals surface area (Å²) in [4.78, 5) is 0. The fraction of sp³-hybridized carbons (Fsp3) is 0.625. The van der Waals surface area contributed by atoms with Crippen LogP contribution in [-0.4, -0.2) is 25.9 Å². The van der Waals surface area contributed by atoms with Crippen LogP contribution in [0.2, 0.25) is 0 Å². The lowest BCUT2D eigenvalue weighted by Crippen LogP contribution is -2.19. The second-order valence-corrected chi connectivity index (χ2v) is 5.64. The first-order chi connectivity index (χ1) is 9.26. The van der Waals surface area contributed by atoms with E-state index in [2.05, 4.69) is 19.1 Å². The number of hydrogen-bond acceptors (Lipinski definition) is 3. The molecule has 0 amide bonds. The quantitative estimate of drug-likeness (QED) is 0.763. The largest absolute Gasteiger partial charge is 0.497 e. The summed E-state index contributed by atoms with van der Waals surface area (Å²) in [7, 11) is 1.69. The summed E-state index contributed by atoms with van der Waals surface area (Å²) in [5.41, 5.74) is 1.21. The Kier molecular flexibility index (Phi) is 3.76. The van der Waals surface area contributed by atoms with E-state index in [1.807, 2.05) is 12.1 Å². The van der Waals surface area contributed by atoms with Crippen molar-refractivity contribution in [2.75, 3.05) is 13.7 Å². The molecular formula is C16H22O3. The molecule has 0 radical (unpaired) electrons.